The van der Waals surface area contributed by atoms with Crippen molar-refractivity contribution in [3.63, 3.8) is 0 Å². The second-order valence-electron chi connectivity index (χ2n) is 6.99. The number of halogens is 1. The third-order valence-corrected chi connectivity index (χ3v) is 5.57. The highest BCUT2D eigenvalue weighted by atomic mass is 127. The van der Waals surface area contributed by atoms with Gasteiger partial charge in [-0.3, -0.25) is 9.20 Å². The lowest BCUT2D eigenvalue weighted by Gasteiger charge is -2.37. The van der Waals surface area contributed by atoms with E-state index in [4.69, 9.17) is 0 Å². The van der Waals surface area contributed by atoms with E-state index in [0.717, 1.165) is 25.6 Å². The van der Waals surface area contributed by atoms with Gasteiger partial charge in [-0.25, -0.2) is 0 Å². The van der Waals surface area contributed by atoms with Crippen molar-refractivity contribution >= 4 is 40.7 Å². The molecule has 0 aromatic carbocycles. The van der Waals surface area contributed by atoms with Gasteiger partial charge in [-0.15, -0.1) is 24.0 Å². The van der Waals surface area contributed by atoms with Crippen LogP contribution in [0.5, 0.6) is 0 Å². The van der Waals surface area contributed by atoms with Crippen molar-refractivity contribution in [3.05, 3.63) is 0 Å². The van der Waals surface area contributed by atoms with Gasteiger partial charge in [0, 0.05) is 48.0 Å². The van der Waals surface area contributed by atoms with Crippen molar-refractivity contribution in [1.29, 1.82) is 0 Å². The summed E-state index contributed by atoms with van der Waals surface area (Å²) in [6.07, 6.45) is 1.29. The molecule has 3 unspecified atom stereocenters. The fraction of sp³-hybridized carbons (Fsp3) is 0.933. The van der Waals surface area contributed by atoms with Gasteiger partial charge in [-0.05, 0) is 39.0 Å². The molecule has 0 aliphatic carbocycles. The van der Waals surface area contributed by atoms with E-state index in [1.807, 2.05) is 27.8 Å². The lowest BCUT2D eigenvalue weighted by Crippen LogP contribution is -2.49. The Morgan fingerprint density at radius 2 is 1.81 bits per heavy atom. The molecule has 1 rings (SSSR count). The predicted molar refractivity (Wildman–Crippen MR) is 104 cm³/mol. The number of rotatable bonds is 3. The number of hydrogen-bond donors (Lipinski definition) is 1. The SMILES string of the molecule is CN=C(NCCS(=O)C(C)(C)C)N1CC(C)CC(C)C1.I. The quantitative estimate of drug-likeness (QED) is 0.426. The van der Waals surface area contributed by atoms with E-state index in [1.54, 1.807) is 0 Å². The maximum absolute atomic E-state index is 12.0. The van der Waals surface area contributed by atoms with Crippen LogP contribution in [-0.4, -0.2) is 52.3 Å². The molecule has 0 spiro atoms. The van der Waals surface area contributed by atoms with Crippen LogP contribution < -0.4 is 5.32 Å². The Bertz CT molecular complexity index is 358. The van der Waals surface area contributed by atoms with E-state index in [1.165, 1.54) is 6.42 Å². The summed E-state index contributed by atoms with van der Waals surface area (Å²) in [6, 6.07) is 0. The molecule has 0 bridgehead atoms. The van der Waals surface area contributed by atoms with Crippen LogP contribution in [0, 0.1) is 11.8 Å². The van der Waals surface area contributed by atoms with Crippen LogP contribution in [0.3, 0.4) is 0 Å². The lowest BCUT2D eigenvalue weighted by molar-refractivity contribution is 0.209. The Labute approximate surface area is 150 Å². The standard InChI is InChI=1S/C15H31N3OS.HI/c1-12-9-13(2)11-18(10-12)14(16-6)17-7-8-20(19)15(3,4)5;/h12-13H,7-11H2,1-6H3,(H,16,17);1H. The summed E-state index contributed by atoms with van der Waals surface area (Å²) in [5.74, 6) is 3.04. The van der Waals surface area contributed by atoms with Crippen molar-refractivity contribution in [2.45, 2.75) is 45.8 Å². The van der Waals surface area contributed by atoms with Crippen molar-refractivity contribution in [3.8, 4) is 0 Å². The largest absolute Gasteiger partial charge is 0.355 e. The van der Waals surface area contributed by atoms with Crippen molar-refractivity contribution in [2.75, 3.05) is 32.4 Å². The van der Waals surface area contributed by atoms with Crippen LogP contribution in [0.4, 0.5) is 0 Å². The number of nitrogens with zero attached hydrogens (tertiary/aromatic N) is 2. The Balaban J connectivity index is 0.00000400. The third-order valence-electron chi connectivity index (χ3n) is 3.63. The average molecular weight is 429 g/mol. The molecule has 21 heavy (non-hydrogen) atoms. The Morgan fingerprint density at radius 1 is 1.29 bits per heavy atom. The van der Waals surface area contributed by atoms with Gasteiger partial charge in [-0.2, -0.15) is 0 Å². The number of guanidine groups is 1. The summed E-state index contributed by atoms with van der Waals surface area (Å²) >= 11 is 0. The smallest absolute Gasteiger partial charge is 0.193 e. The van der Waals surface area contributed by atoms with Gasteiger partial charge in [0.25, 0.3) is 0 Å². The van der Waals surface area contributed by atoms with Crippen LogP contribution in [0.15, 0.2) is 4.99 Å². The lowest BCUT2D eigenvalue weighted by atomic mass is 9.92. The molecule has 1 heterocycles. The van der Waals surface area contributed by atoms with Gasteiger partial charge in [-0.1, -0.05) is 13.8 Å². The number of hydrogen-bond acceptors (Lipinski definition) is 2. The molecule has 4 nitrogen and oxygen atoms in total. The van der Waals surface area contributed by atoms with Gasteiger partial charge in [0.2, 0.25) is 0 Å². The number of nitrogens with one attached hydrogen (secondary N) is 1. The fourth-order valence-electron chi connectivity index (χ4n) is 2.73. The highest BCUT2D eigenvalue weighted by Crippen LogP contribution is 2.20. The molecule has 1 aliphatic heterocycles. The minimum Gasteiger partial charge on any atom is -0.355 e. The molecule has 3 atom stereocenters. The summed E-state index contributed by atoms with van der Waals surface area (Å²) in [7, 11) is 1.02. The number of aliphatic imine (C=N–C) groups is 1. The zero-order valence-corrected chi connectivity index (χ0v) is 17.5. The van der Waals surface area contributed by atoms with E-state index in [2.05, 4.69) is 29.1 Å². The Hall–Kier alpha value is 0.150. The van der Waals surface area contributed by atoms with Crippen LogP contribution in [0.2, 0.25) is 0 Å². The van der Waals surface area contributed by atoms with Crippen molar-refractivity contribution in [1.82, 2.24) is 10.2 Å². The zero-order valence-electron chi connectivity index (χ0n) is 14.3. The maximum atomic E-state index is 12.0. The van der Waals surface area contributed by atoms with Crippen LogP contribution in [-0.2, 0) is 10.8 Å². The fourth-order valence-corrected chi connectivity index (χ4v) is 3.63. The summed E-state index contributed by atoms with van der Waals surface area (Å²) in [6.45, 7) is 13.5. The molecule has 0 aromatic rings. The third kappa shape index (κ3) is 7.30. The first-order valence-electron chi connectivity index (χ1n) is 7.58. The molecule has 1 N–H and O–H groups in total. The molecule has 0 aromatic heterocycles. The molecule has 0 radical (unpaired) electrons. The monoisotopic (exact) mass is 429 g/mol. The average Bonchev–Trinajstić information content (AvgIpc) is 2.31. The molecule has 0 amide bonds. The molecule has 1 fully saturated rings. The van der Waals surface area contributed by atoms with E-state index in [0.29, 0.717) is 17.6 Å². The Kier molecular flexibility index (Phi) is 9.39. The first-order chi connectivity index (χ1) is 9.24. The van der Waals surface area contributed by atoms with E-state index >= 15 is 0 Å². The summed E-state index contributed by atoms with van der Waals surface area (Å²) in [4.78, 5) is 6.70. The predicted octanol–water partition coefficient (Wildman–Crippen LogP) is 2.70. The molecule has 6 heteroatoms. The van der Waals surface area contributed by atoms with Gasteiger partial charge in [0.05, 0.1) is 0 Å². The van der Waals surface area contributed by atoms with Gasteiger partial charge in [0.15, 0.2) is 5.96 Å². The summed E-state index contributed by atoms with van der Waals surface area (Å²) < 4.78 is 11.9. The minimum atomic E-state index is -0.811. The number of likely N-dealkylation sites (tertiary alicyclic amines) is 1. The van der Waals surface area contributed by atoms with E-state index in [9.17, 15) is 4.21 Å². The topological polar surface area (TPSA) is 44.7 Å². The minimum absolute atomic E-state index is 0. The normalized spacial score (nSPS) is 25.2. The molecule has 1 aliphatic rings. The van der Waals surface area contributed by atoms with Gasteiger partial charge in [0.1, 0.15) is 0 Å². The first kappa shape index (κ1) is 21.1. The molecule has 0 saturated carbocycles. The van der Waals surface area contributed by atoms with Crippen molar-refractivity contribution < 1.29 is 4.21 Å². The molecule has 126 valence electrons. The zero-order chi connectivity index (χ0) is 15.3. The van der Waals surface area contributed by atoms with Crippen molar-refractivity contribution in [2.24, 2.45) is 16.8 Å². The van der Waals surface area contributed by atoms with E-state index in [-0.39, 0.29) is 28.7 Å². The molecular formula is C15H32IN3OS. The summed E-state index contributed by atoms with van der Waals surface area (Å²) in [5.41, 5.74) is 0. The highest BCUT2D eigenvalue weighted by molar-refractivity contribution is 14.0. The van der Waals surface area contributed by atoms with Gasteiger partial charge < -0.3 is 10.2 Å². The second-order valence-corrected chi connectivity index (χ2v) is 9.31. The highest BCUT2D eigenvalue weighted by Gasteiger charge is 2.24. The molecular weight excluding hydrogens is 397 g/mol. The number of piperidine rings is 1. The van der Waals surface area contributed by atoms with Gasteiger partial charge >= 0.3 is 0 Å². The van der Waals surface area contributed by atoms with E-state index < -0.39 is 10.8 Å². The summed E-state index contributed by atoms with van der Waals surface area (Å²) in [5, 5.41) is 3.37. The molecule has 1 saturated heterocycles. The first-order valence-corrected chi connectivity index (χ1v) is 8.90. The maximum Gasteiger partial charge on any atom is 0.193 e. The second kappa shape index (κ2) is 9.33. The van der Waals surface area contributed by atoms with Crippen LogP contribution >= 0.6 is 24.0 Å². The van der Waals surface area contributed by atoms with Crippen LogP contribution in [0.25, 0.3) is 0 Å². The van der Waals surface area contributed by atoms with Crippen LogP contribution in [0.1, 0.15) is 41.0 Å². The Morgan fingerprint density at radius 3 is 2.24 bits per heavy atom.